The minimum Gasteiger partial charge on any atom is -0.369 e. The summed E-state index contributed by atoms with van der Waals surface area (Å²) in [5.41, 5.74) is 0.959. The Labute approximate surface area is 158 Å². The zero-order valence-corrected chi connectivity index (χ0v) is 15.7. The molecule has 2 aromatic heterocycles. The number of fused-ring (bicyclic) bond motifs is 2. The largest absolute Gasteiger partial charge is 0.425 e. The van der Waals surface area contributed by atoms with Gasteiger partial charge in [-0.1, -0.05) is 5.21 Å². The molecule has 0 radical (unpaired) electrons. The van der Waals surface area contributed by atoms with Crippen molar-refractivity contribution in [1.29, 1.82) is 0 Å². The Morgan fingerprint density at radius 2 is 2.15 bits per heavy atom. The normalized spacial score (nSPS) is 31.3. The minimum atomic E-state index is -4.31. The molecular formula is C18H21F3N4OS. The lowest BCUT2D eigenvalue weighted by Gasteiger charge is -2.46. The van der Waals surface area contributed by atoms with Crippen molar-refractivity contribution in [3.63, 3.8) is 0 Å². The molecule has 1 N–H and O–H groups in total. The van der Waals surface area contributed by atoms with Gasteiger partial charge in [-0.05, 0) is 43.2 Å². The number of alkyl halides is 3. The van der Waals surface area contributed by atoms with Crippen LogP contribution in [0.4, 0.5) is 13.2 Å². The molecule has 5 rings (SSSR count). The summed E-state index contributed by atoms with van der Waals surface area (Å²) in [6.07, 6.45) is 1.73. The van der Waals surface area contributed by atoms with Crippen molar-refractivity contribution in [3.8, 4) is 0 Å². The topological polar surface area (TPSA) is 52.0 Å². The molecule has 0 aromatic carbocycles. The van der Waals surface area contributed by atoms with Gasteiger partial charge in [0.05, 0.1) is 18.3 Å². The van der Waals surface area contributed by atoms with Crippen LogP contribution in [0, 0.1) is 5.92 Å². The molecule has 1 saturated heterocycles. The summed E-state index contributed by atoms with van der Waals surface area (Å²) in [6, 6.07) is 1.49. The van der Waals surface area contributed by atoms with Gasteiger partial charge in [0.2, 0.25) is 0 Å². The van der Waals surface area contributed by atoms with Crippen LogP contribution in [0.25, 0.3) is 0 Å². The van der Waals surface area contributed by atoms with Crippen molar-refractivity contribution in [3.05, 3.63) is 33.3 Å². The number of nitrogens with zero attached hydrogens (tertiary/aromatic N) is 3. The Bertz CT molecular complexity index is 859. The van der Waals surface area contributed by atoms with Crippen molar-refractivity contribution in [2.24, 2.45) is 13.0 Å². The van der Waals surface area contributed by atoms with E-state index in [1.807, 2.05) is 13.2 Å². The van der Waals surface area contributed by atoms with Gasteiger partial charge in [0.1, 0.15) is 10.5 Å². The molecule has 0 unspecified atom stereocenters. The quantitative estimate of drug-likeness (QED) is 0.840. The minimum absolute atomic E-state index is 0.0690. The second-order valence-electron chi connectivity index (χ2n) is 7.94. The van der Waals surface area contributed by atoms with Gasteiger partial charge in [-0.2, -0.15) is 13.2 Å². The second kappa shape index (κ2) is 6.02. The fourth-order valence-corrected chi connectivity index (χ4v) is 5.77. The van der Waals surface area contributed by atoms with E-state index >= 15 is 0 Å². The Hall–Kier alpha value is -1.45. The van der Waals surface area contributed by atoms with Gasteiger partial charge in [-0.25, -0.2) is 0 Å². The molecule has 4 heterocycles. The van der Waals surface area contributed by atoms with Crippen molar-refractivity contribution in [2.75, 3.05) is 6.61 Å². The summed E-state index contributed by atoms with van der Waals surface area (Å²) < 4.78 is 47.9. The van der Waals surface area contributed by atoms with Gasteiger partial charge in [0.15, 0.2) is 0 Å². The van der Waals surface area contributed by atoms with Crippen LogP contribution in [-0.4, -0.2) is 27.6 Å². The van der Waals surface area contributed by atoms with Gasteiger partial charge >= 0.3 is 6.18 Å². The third-order valence-corrected chi connectivity index (χ3v) is 7.33. The highest BCUT2D eigenvalue weighted by molar-refractivity contribution is 7.12. The predicted molar refractivity (Wildman–Crippen MR) is 93.3 cm³/mol. The average Bonchev–Trinajstić information content (AvgIpc) is 3.20. The molecule has 1 saturated carbocycles. The molecule has 27 heavy (non-hydrogen) atoms. The number of nitrogens with one attached hydrogen (secondary N) is 1. The summed E-state index contributed by atoms with van der Waals surface area (Å²) in [6.45, 7) is 0.464. The Balaban J connectivity index is 1.55. The van der Waals surface area contributed by atoms with Gasteiger partial charge < -0.3 is 10.1 Å². The summed E-state index contributed by atoms with van der Waals surface area (Å²) in [4.78, 5) is 0.247. The number of rotatable bonds is 2. The number of aromatic nitrogens is 3. The van der Waals surface area contributed by atoms with E-state index in [4.69, 9.17) is 4.74 Å². The van der Waals surface area contributed by atoms with E-state index in [9.17, 15) is 13.2 Å². The second-order valence-corrected chi connectivity index (χ2v) is 9.00. The number of aryl methyl sites for hydroxylation is 1. The predicted octanol–water partition coefficient (Wildman–Crippen LogP) is 3.57. The van der Waals surface area contributed by atoms with Gasteiger partial charge in [0.25, 0.3) is 0 Å². The number of thiophene rings is 1. The Kier molecular flexibility index (Phi) is 3.93. The van der Waals surface area contributed by atoms with Gasteiger partial charge in [0, 0.05) is 30.6 Å². The molecule has 146 valence electrons. The van der Waals surface area contributed by atoms with E-state index in [1.165, 1.54) is 6.07 Å². The van der Waals surface area contributed by atoms with Crippen LogP contribution < -0.4 is 5.32 Å². The molecule has 3 aliphatic rings. The lowest BCUT2D eigenvalue weighted by Crippen LogP contribution is -2.51. The maximum absolute atomic E-state index is 13.3. The number of hydrogen-bond donors (Lipinski definition) is 1. The summed E-state index contributed by atoms with van der Waals surface area (Å²) in [5.74, 6) is 0.567. The first kappa shape index (κ1) is 17.6. The van der Waals surface area contributed by atoms with E-state index in [0.717, 1.165) is 46.7 Å². The summed E-state index contributed by atoms with van der Waals surface area (Å²) >= 11 is 0.865. The van der Waals surface area contributed by atoms with E-state index < -0.39 is 16.7 Å². The maximum Gasteiger partial charge on any atom is 0.425 e. The first-order valence-corrected chi connectivity index (χ1v) is 10.1. The van der Waals surface area contributed by atoms with Crippen LogP contribution in [0.1, 0.15) is 52.7 Å². The first-order valence-electron chi connectivity index (χ1n) is 9.31. The van der Waals surface area contributed by atoms with Crippen LogP contribution in [0.2, 0.25) is 0 Å². The van der Waals surface area contributed by atoms with Crippen molar-refractivity contribution in [1.82, 2.24) is 20.3 Å². The van der Waals surface area contributed by atoms with Crippen LogP contribution >= 0.6 is 11.3 Å². The van der Waals surface area contributed by atoms with Crippen molar-refractivity contribution >= 4 is 11.3 Å². The van der Waals surface area contributed by atoms with Gasteiger partial charge in [-0.15, -0.1) is 16.4 Å². The Morgan fingerprint density at radius 3 is 2.81 bits per heavy atom. The monoisotopic (exact) mass is 398 g/mol. The molecule has 2 aromatic rings. The highest BCUT2D eigenvalue weighted by Crippen LogP contribution is 2.53. The first-order chi connectivity index (χ1) is 12.8. The van der Waals surface area contributed by atoms with E-state index in [2.05, 4.69) is 15.6 Å². The van der Waals surface area contributed by atoms with Crippen molar-refractivity contribution in [2.45, 2.75) is 56.0 Å². The number of piperidine rings is 1. The molecule has 0 bridgehead atoms. The molecule has 3 atom stereocenters. The fourth-order valence-electron chi connectivity index (χ4n) is 4.53. The van der Waals surface area contributed by atoms with Crippen LogP contribution in [0.15, 0.2) is 12.3 Å². The van der Waals surface area contributed by atoms with Crippen LogP contribution in [0.5, 0.6) is 0 Å². The number of ether oxygens (including phenoxy) is 1. The molecule has 1 aliphatic carbocycles. The van der Waals surface area contributed by atoms with Crippen molar-refractivity contribution < 1.29 is 17.9 Å². The fraction of sp³-hybridized carbons (Fsp3) is 0.667. The highest BCUT2D eigenvalue weighted by atomic mass is 32.1. The highest BCUT2D eigenvalue weighted by Gasteiger charge is 2.51. The average molecular weight is 398 g/mol. The Morgan fingerprint density at radius 1 is 1.33 bits per heavy atom. The van der Waals surface area contributed by atoms with Gasteiger partial charge in [-0.3, -0.25) is 4.68 Å². The summed E-state index contributed by atoms with van der Waals surface area (Å²) in [5, 5.41) is 12.0. The van der Waals surface area contributed by atoms with E-state index in [-0.39, 0.29) is 12.1 Å². The van der Waals surface area contributed by atoms with Crippen LogP contribution in [-0.2, 0) is 30.0 Å². The molecule has 5 nitrogen and oxygen atoms in total. The zero-order chi connectivity index (χ0) is 18.8. The lowest BCUT2D eigenvalue weighted by atomic mass is 9.77. The molecule has 2 aliphatic heterocycles. The lowest BCUT2D eigenvalue weighted by molar-refractivity contribution is -0.134. The summed E-state index contributed by atoms with van der Waals surface area (Å²) in [7, 11) is 1.82. The standard InChI is InChI=1S/C18H21F3N4OS/c1-25-9-14(23-24-25)13-8-17(7-12(22-13)10-2-3-10)16-11(4-5-26-17)6-15(27-16)18(19,20)21/h6,9-10,12-13,22H,2-5,7-8H2,1H3/t12-,13+,17+/m1/s1. The molecule has 1 spiro atoms. The number of halogens is 3. The van der Waals surface area contributed by atoms with E-state index in [1.54, 1.807) is 4.68 Å². The third kappa shape index (κ3) is 3.09. The molecule has 2 fully saturated rings. The number of hydrogen-bond acceptors (Lipinski definition) is 5. The molecular weight excluding hydrogens is 377 g/mol. The van der Waals surface area contributed by atoms with E-state index in [0.29, 0.717) is 25.4 Å². The smallest absolute Gasteiger partial charge is 0.369 e. The third-order valence-electron chi connectivity index (χ3n) is 5.92. The molecule has 9 heteroatoms. The van der Waals surface area contributed by atoms with Crippen LogP contribution in [0.3, 0.4) is 0 Å². The SMILES string of the molecule is Cn1cc([C@@H]2C[C@]3(C[C@H](C4CC4)N2)OCCc2cc(C(F)(F)F)sc23)nn1. The zero-order valence-electron chi connectivity index (χ0n) is 14.9. The maximum atomic E-state index is 13.3. The molecule has 0 amide bonds.